The Morgan fingerprint density at radius 2 is 1.81 bits per heavy atom. The third-order valence-electron chi connectivity index (χ3n) is 2.95. The van der Waals surface area contributed by atoms with Gasteiger partial charge >= 0.3 is 12.1 Å². The Hall–Kier alpha value is -0.820. The van der Waals surface area contributed by atoms with Gasteiger partial charge in [0.25, 0.3) is 0 Å². The largest absolute Gasteiger partial charge is 0.468 e. The molecular formula is C14H26F3NO3. The molecule has 7 heteroatoms. The van der Waals surface area contributed by atoms with Crippen molar-refractivity contribution in [2.45, 2.75) is 70.8 Å². The molecule has 21 heavy (non-hydrogen) atoms. The van der Waals surface area contributed by atoms with Crippen LogP contribution >= 0.6 is 0 Å². The molecule has 0 aromatic carbocycles. The summed E-state index contributed by atoms with van der Waals surface area (Å²) in [5, 5.41) is 3.12. The van der Waals surface area contributed by atoms with E-state index in [1.165, 1.54) is 7.11 Å². The molecule has 0 rings (SSSR count). The minimum Gasteiger partial charge on any atom is -0.468 e. The van der Waals surface area contributed by atoms with Gasteiger partial charge in [0.2, 0.25) is 0 Å². The quantitative estimate of drug-likeness (QED) is 0.525. The van der Waals surface area contributed by atoms with Crippen molar-refractivity contribution in [2.75, 3.05) is 13.7 Å². The number of nitrogens with one attached hydrogen (secondary N) is 1. The Kier molecular flexibility index (Phi) is 8.25. The molecule has 0 radical (unpaired) electrons. The second kappa shape index (κ2) is 8.58. The fourth-order valence-electron chi connectivity index (χ4n) is 2.25. The van der Waals surface area contributed by atoms with Gasteiger partial charge in [-0.3, -0.25) is 10.1 Å². The Bertz CT molecular complexity index is 321. The first-order valence-electron chi connectivity index (χ1n) is 7.04. The molecule has 0 aliphatic heterocycles. The average Bonchev–Trinajstić information content (AvgIpc) is 2.31. The van der Waals surface area contributed by atoms with Crippen molar-refractivity contribution in [3.05, 3.63) is 0 Å². The Morgan fingerprint density at radius 1 is 1.24 bits per heavy atom. The highest BCUT2D eigenvalue weighted by molar-refractivity contribution is 5.80. The van der Waals surface area contributed by atoms with E-state index in [2.05, 4.69) is 5.32 Å². The zero-order valence-corrected chi connectivity index (χ0v) is 13.3. The summed E-state index contributed by atoms with van der Waals surface area (Å²) in [5.41, 5.74) is -0.924. The molecule has 0 aromatic heterocycles. The monoisotopic (exact) mass is 313 g/mol. The Labute approximate surface area is 124 Å². The normalized spacial score (nSPS) is 16.6. The van der Waals surface area contributed by atoms with Crippen molar-refractivity contribution in [3.8, 4) is 0 Å². The number of methoxy groups -OCH3 is 1. The van der Waals surface area contributed by atoms with Crippen LogP contribution in [-0.4, -0.2) is 43.5 Å². The summed E-state index contributed by atoms with van der Waals surface area (Å²) in [6, 6.07) is 0.0616. The average molecular weight is 313 g/mol. The second-order valence-corrected chi connectivity index (χ2v) is 5.73. The number of halogens is 3. The molecule has 0 saturated heterocycles. The number of hydrogen-bond donors (Lipinski definition) is 1. The molecule has 0 aliphatic carbocycles. The van der Waals surface area contributed by atoms with Gasteiger partial charge in [-0.25, -0.2) is 0 Å². The predicted octanol–water partition coefficient (Wildman–Crippen LogP) is 3.05. The minimum absolute atomic E-state index is 0.0135. The number of alkyl halides is 3. The molecule has 0 amide bonds. The van der Waals surface area contributed by atoms with Gasteiger partial charge in [-0.15, -0.1) is 0 Å². The summed E-state index contributed by atoms with van der Waals surface area (Å²) in [5.74, 6) is -0.415. The van der Waals surface area contributed by atoms with Crippen LogP contribution in [0.2, 0.25) is 0 Å². The van der Waals surface area contributed by atoms with Crippen molar-refractivity contribution in [3.63, 3.8) is 0 Å². The van der Waals surface area contributed by atoms with Gasteiger partial charge in [-0.2, -0.15) is 13.2 Å². The molecular weight excluding hydrogens is 287 g/mol. The highest BCUT2D eigenvalue weighted by Gasteiger charge is 2.36. The first kappa shape index (κ1) is 20.2. The van der Waals surface area contributed by atoms with Crippen molar-refractivity contribution in [1.82, 2.24) is 5.32 Å². The standard InChI is InChI=1S/C14H26F3NO3/c1-10(2)18-13(4,12(19)20-5)9-11(3)21-8-6-7-14(15,16)17/h10-11,18H,6-9H2,1-5H3. The van der Waals surface area contributed by atoms with Crippen LogP contribution in [0.25, 0.3) is 0 Å². The molecule has 126 valence electrons. The summed E-state index contributed by atoms with van der Waals surface area (Å²) in [4.78, 5) is 11.9. The maximum absolute atomic E-state index is 12.0. The topological polar surface area (TPSA) is 47.6 Å². The van der Waals surface area contributed by atoms with Gasteiger partial charge in [0, 0.05) is 25.5 Å². The van der Waals surface area contributed by atoms with Gasteiger partial charge in [-0.1, -0.05) is 0 Å². The van der Waals surface area contributed by atoms with Gasteiger partial charge in [0.1, 0.15) is 5.54 Å². The third-order valence-corrected chi connectivity index (χ3v) is 2.95. The van der Waals surface area contributed by atoms with Crippen LogP contribution in [0.3, 0.4) is 0 Å². The lowest BCUT2D eigenvalue weighted by Crippen LogP contribution is -2.54. The first-order valence-corrected chi connectivity index (χ1v) is 7.04. The van der Waals surface area contributed by atoms with E-state index in [0.717, 1.165) is 0 Å². The summed E-state index contributed by atoms with van der Waals surface area (Å²) in [7, 11) is 1.30. The van der Waals surface area contributed by atoms with E-state index >= 15 is 0 Å². The second-order valence-electron chi connectivity index (χ2n) is 5.73. The molecule has 4 nitrogen and oxygen atoms in total. The molecule has 0 saturated carbocycles. The molecule has 0 fully saturated rings. The van der Waals surface area contributed by atoms with Crippen LogP contribution in [-0.2, 0) is 14.3 Å². The third kappa shape index (κ3) is 8.93. The van der Waals surface area contributed by atoms with E-state index in [4.69, 9.17) is 9.47 Å². The van der Waals surface area contributed by atoms with Crippen LogP contribution in [0.4, 0.5) is 13.2 Å². The summed E-state index contributed by atoms with van der Waals surface area (Å²) < 4.78 is 46.2. The van der Waals surface area contributed by atoms with E-state index in [9.17, 15) is 18.0 Å². The maximum atomic E-state index is 12.0. The van der Waals surface area contributed by atoms with Gasteiger partial charge in [0.05, 0.1) is 13.2 Å². The highest BCUT2D eigenvalue weighted by atomic mass is 19.4. The summed E-state index contributed by atoms with van der Waals surface area (Å²) in [6.45, 7) is 7.25. The van der Waals surface area contributed by atoms with Crippen molar-refractivity contribution >= 4 is 5.97 Å². The molecule has 0 aromatic rings. The van der Waals surface area contributed by atoms with E-state index in [-0.39, 0.29) is 25.2 Å². The molecule has 0 bridgehead atoms. The van der Waals surface area contributed by atoms with Crippen LogP contribution in [0, 0.1) is 0 Å². The zero-order valence-electron chi connectivity index (χ0n) is 13.3. The number of hydrogen-bond acceptors (Lipinski definition) is 4. The lowest BCUT2D eigenvalue weighted by molar-refractivity contribution is -0.150. The molecule has 0 spiro atoms. The number of rotatable bonds is 9. The van der Waals surface area contributed by atoms with Gasteiger partial charge < -0.3 is 9.47 Å². The van der Waals surface area contributed by atoms with Crippen LogP contribution in [0.1, 0.15) is 47.0 Å². The maximum Gasteiger partial charge on any atom is 0.389 e. The van der Waals surface area contributed by atoms with Crippen molar-refractivity contribution in [1.29, 1.82) is 0 Å². The van der Waals surface area contributed by atoms with E-state index in [0.29, 0.717) is 6.42 Å². The highest BCUT2D eigenvalue weighted by Crippen LogP contribution is 2.22. The van der Waals surface area contributed by atoms with Crippen LogP contribution < -0.4 is 5.32 Å². The zero-order chi connectivity index (χ0) is 16.7. The Morgan fingerprint density at radius 3 is 2.24 bits per heavy atom. The molecule has 2 atom stereocenters. The fourth-order valence-corrected chi connectivity index (χ4v) is 2.25. The van der Waals surface area contributed by atoms with Crippen LogP contribution in [0.5, 0.6) is 0 Å². The summed E-state index contributed by atoms with van der Waals surface area (Å²) in [6.07, 6.45) is -5.14. The molecule has 0 aliphatic rings. The van der Waals surface area contributed by atoms with Crippen molar-refractivity contribution < 1.29 is 27.4 Å². The first-order chi connectivity index (χ1) is 9.50. The van der Waals surface area contributed by atoms with E-state index in [1.54, 1.807) is 13.8 Å². The summed E-state index contributed by atoms with van der Waals surface area (Å²) >= 11 is 0. The minimum atomic E-state index is -4.16. The molecule has 1 N–H and O–H groups in total. The lowest BCUT2D eigenvalue weighted by atomic mass is 9.93. The van der Waals surface area contributed by atoms with Gasteiger partial charge in [0.15, 0.2) is 0 Å². The fraction of sp³-hybridized carbons (Fsp3) is 0.929. The van der Waals surface area contributed by atoms with Crippen LogP contribution in [0.15, 0.2) is 0 Å². The number of carbonyl (C=O) groups is 1. The lowest BCUT2D eigenvalue weighted by Gasteiger charge is -2.32. The number of carbonyl (C=O) groups excluding carboxylic acids is 1. The number of ether oxygens (including phenoxy) is 2. The van der Waals surface area contributed by atoms with E-state index in [1.807, 2.05) is 13.8 Å². The predicted molar refractivity (Wildman–Crippen MR) is 74.0 cm³/mol. The van der Waals surface area contributed by atoms with Crippen molar-refractivity contribution in [2.24, 2.45) is 0 Å². The number of esters is 1. The molecule has 0 heterocycles. The smallest absolute Gasteiger partial charge is 0.389 e. The SMILES string of the molecule is COC(=O)C(C)(CC(C)OCCCC(F)(F)F)NC(C)C. The Balaban J connectivity index is 4.35. The van der Waals surface area contributed by atoms with E-state index < -0.39 is 24.1 Å². The molecule has 2 unspecified atom stereocenters. The van der Waals surface area contributed by atoms with Gasteiger partial charge in [-0.05, 0) is 34.1 Å².